The van der Waals surface area contributed by atoms with E-state index in [1.807, 2.05) is 12.1 Å². The first-order valence-corrected chi connectivity index (χ1v) is 7.60. The van der Waals surface area contributed by atoms with Crippen LogP contribution >= 0.6 is 23.2 Å². The van der Waals surface area contributed by atoms with Crippen LogP contribution in [0.1, 0.15) is 31.7 Å². The van der Waals surface area contributed by atoms with Crippen LogP contribution in [-0.2, 0) is 11.2 Å². The van der Waals surface area contributed by atoms with E-state index in [9.17, 15) is 4.79 Å². The van der Waals surface area contributed by atoms with Gasteiger partial charge in [-0.15, -0.1) is 0 Å². The molecule has 112 valence electrons. The first-order valence-electron chi connectivity index (χ1n) is 6.85. The fourth-order valence-electron chi connectivity index (χ4n) is 2.29. The highest BCUT2D eigenvalue weighted by molar-refractivity contribution is 6.42. The topological polar surface area (TPSA) is 63.3 Å². The smallest absolute Gasteiger partial charge is 0.307 e. The predicted molar refractivity (Wildman–Crippen MR) is 83.4 cm³/mol. The van der Waals surface area contributed by atoms with Crippen LogP contribution < -0.4 is 5.73 Å². The Bertz CT molecular complexity index is 451. The molecule has 3 nitrogen and oxygen atoms in total. The molecule has 0 saturated heterocycles. The van der Waals surface area contributed by atoms with Crippen molar-refractivity contribution in [1.29, 1.82) is 0 Å². The second-order valence-electron chi connectivity index (χ2n) is 5.03. The summed E-state index contributed by atoms with van der Waals surface area (Å²) in [7, 11) is 0. The third-order valence-corrected chi connectivity index (χ3v) is 4.54. The maximum Gasteiger partial charge on any atom is 0.307 e. The molecular weight excluding hydrogens is 297 g/mol. The molecule has 1 rings (SSSR count). The highest BCUT2D eigenvalue weighted by Crippen LogP contribution is 2.28. The van der Waals surface area contributed by atoms with Gasteiger partial charge < -0.3 is 10.8 Å². The number of carbonyl (C=O) groups is 1. The lowest BCUT2D eigenvalue weighted by Gasteiger charge is -2.19. The third-order valence-electron chi connectivity index (χ3n) is 3.68. The van der Waals surface area contributed by atoms with Crippen LogP contribution in [0.4, 0.5) is 0 Å². The number of aliphatic carboxylic acids is 1. The van der Waals surface area contributed by atoms with Crippen LogP contribution in [0.5, 0.6) is 0 Å². The molecule has 2 atom stereocenters. The summed E-state index contributed by atoms with van der Waals surface area (Å²) >= 11 is 12.1. The fourth-order valence-corrected chi connectivity index (χ4v) is 2.70. The van der Waals surface area contributed by atoms with Gasteiger partial charge in [0.15, 0.2) is 0 Å². The van der Waals surface area contributed by atoms with Crippen LogP contribution in [0.15, 0.2) is 18.2 Å². The Labute approximate surface area is 130 Å². The molecule has 3 N–H and O–H groups in total. The van der Waals surface area contributed by atoms with Gasteiger partial charge in [0.2, 0.25) is 0 Å². The molecule has 0 spiro atoms. The largest absolute Gasteiger partial charge is 0.481 e. The SMILES string of the molecule is CCC(CCc1cccc(Cl)c1Cl)CC(CN)C(=O)O. The van der Waals surface area contributed by atoms with E-state index in [0.29, 0.717) is 22.4 Å². The summed E-state index contributed by atoms with van der Waals surface area (Å²) in [6.07, 6.45) is 3.23. The molecule has 0 heterocycles. The maximum absolute atomic E-state index is 11.0. The van der Waals surface area contributed by atoms with E-state index in [-0.39, 0.29) is 6.54 Å². The van der Waals surface area contributed by atoms with Gasteiger partial charge in [-0.3, -0.25) is 4.79 Å². The highest BCUT2D eigenvalue weighted by atomic mass is 35.5. The fraction of sp³-hybridized carbons (Fsp3) is 0.533. The van der Waals surface area contributed by atoms with E-state index in [1.54, 1.807) is 6.07 Å². The number of aryl methyl sites for hydroxylation is 1. The lowest BCUT2D eigenvalue weighted by Crippen LogP contribution is -2.26. The van der Waals surface area contributed by atoms with Crippen molar-refractivity contribution in [3.8, 4) is 0 Å². The van der Waals surface area contributed by atoms with E-state index in [0.717, 1.165) is 24.8 Å². The van der Waals surface area contributed by atoms with Gasteiger partial charge in [0, 0.05) is 6.54 Å². The van der Waals surface area contributed by atoms with Gasteiger partial charge in [0.05, 0.1) is 16.0 Å². The van der Waals surface area contributed by atoms with Gasteiger partial charge in [-0.25, -0.2) is 0 Å². The van der Waals surface area contributed by atoms with E-state index in [4.69, 9.17) is 34.0 Å². The zero-order valence-electron chi connectivity index (χ0n) is 11.6. The lowest BCUT2D eigenvalue weighted by atomic mass is 9.88. The van der Waals surface area contributed by atoms with Gasteiger partial charge in [0.1, 0.15) is 0 Å². The number of rotatable bonds is 8. The molecule has 0 radical (unpaired) electrons. The van der Waals surface area contributed by atoms with E-state index in [1.165, 1.54) is 0 Å². The Hall–Kier alpha value is -0.770. The molecule has 1 aromatic rings. The van der Waals surface area contributed by atoms with E-state index in [2.05, 4.69) is 6.92 Å². The third kappa shape index (κ3) is 4.97. The molecule has 20 heavy (non-hydrogen) atoms. The van der Waals surface area contributed by atoms with Gasteiger partial charge in [0.25, 0.3) is 0 Å². The number of carboxylic acids is 1. The summed E-state index contributed by atoms with van der Waals surface area (Å²) in [6, 6.07) is 5.60. The van der Waals surface area contributed by atoms with Crippen LogP contribution in [0.2, 0.25) is 10.0 Å². The maximum atomic E-state index is 11.0. The monoisotopic (exact) mass is 317 g/mol. The minimum Gasteiger partial charge on any atom is -0.481 e. The molecule has 0 fully saturated rings. The lowest BCUT2D eigenvalue weighted by molar-refractivity contribution is -0.142. The second kappa shape index (κ2) is 8.50. The Kier molecular flexibility index (Phi) is 7.35. The first-order chi connectivity index (χ1) is 9.49. The summed E-state index contributed by atoms with van der Waals surface area (Å²) in [5, 5.41) is 10.2. The molecule has 0 saturated carbocycles. The van der Waals surface area contributed by atoms with Crippen molar-refractivity contribution in [1.82, 2.24) is 0 Å². The minimum absolute atomic E-state index is 0.184. The number of benzene rings is 1. The zero-order chi connectivity index (χ0) is 15.1. The summed E-state index contributed by atoms with van der Waals surface area (Å²) in [5.41, 5.74) is 6.52. The standard InChI is InChI=1S/C15H21Cl2NO2/c1-2-10(8-12(9-18)15(19)20)6-7-11-4-3-5-13(16)14(11)17/h3-5,10,12H,2,6-9,18H2,1H3,(H,19,20). The van der Waals surface area contributed by atoms with Gasteiger partial charge in [-0.2, -0.15) is 0 Å². The first kappa shape index (κ1) is 17.3. The Morgan fingerprint density at radius 2 is 2.10 bits per heavy atom. The summed E-state index contributed by atoms with van der Waals surface area (Å²) in [5.74, 6) is -0.948. The van der Waals surface area contributed by atoms with Crippen molar-refractivity contribution in [3.05, 3.63) is 33.8 Å². The van der Waals surface area contributed by atoms with Gasteiger partial charge >= 0.3 is 5.97 Å². The number of nitrogens with two attached hydrogens (primary N) is 1. The second-order valence-corrected chi connectivity index (χ2v) is 5.82. The predicted octanol–water partition coefficient (Wildman–Crippen LogP) is 4.00. The number of hydrogen-bond acceptors (Lipinski definition) is 2. The van der Waals surface area contributed by atoms with Crippen molar-refractivity contribution in [2.24, 2.45) is 17.6 Å². The summed E-state index contributed by atoms with van der Waals surface area (Å²) in [6.45, 7) is 2.25. The van der Waals surface area contributed by atoms with Crippen LogP contribution in [0.25, 0.3) is 0 Å². The molecule has 1 aromatic carbocycles. The Balaban J connectivity index is 2.61. The summed E-state index contributed by atoms with van der Waals surface area (Å²) < 4.78 is 0. The minimum atomic E-state index is -0.813. The number of halogens is 2. The molecule has 0 aliphatic rings. The number of carboxylic acid groups (broad SMARTS) is 1. The Morgan fingerprint density at radius 1 is 1.40 bits per heavy atom. The average Bonchev–Trinajstić information content (AvgIpc) is 2.43. The molecule has 0 aliphatic heterocycles. The molecule has 0 aromatic heterocycles. The van der Waals surface area contributed by atoms with E-state index >= 15 is 0 Å². The van der Waals surface area contributed by atoms with Crippen molar-refractivity contribution in [2.45, 2.75) is 32.6 Å². The quantitative estimate of drug-likeness (QED) is 0.761. The Morgan fingerprint density at radius 3 is 2.65 bits per heavy atom. The zero-order valence-corrected chi connectivity index (χ0v) is 13.1. The van der Waals surface area contributed by atoms with E-state index < -0.39 is 11.9 Å². The normalized spacial score (nSPS) is 14.0. The molecular formula is C15H21Cl2NO2. The van der Waals surface area contributed by atoms with Crippen LogP contribution in [0.3, 0.4) is 0 Å². The van der Waals surface area contributed by atoms with Crippen molar-refractivity contribution < 1.29 is 9.90 Å². The molecule has 2 unspecified atom stereocenters. The molecule has 5 heteroatoms. The summed E-state index contributed by atoms with van der Waals surface area (Å²) in [4.78, 5) is 11.0. The van der Waals surface area contributed by atoms with Gasteiger partial charge in [-0.1, -0.05) is 48.7 Å². The van der Waals surface area contributed by atoms with Crippen LogP contribution in [0, 0.1) is 11.8 Å². The van der Waals surface area contributed by atoms with Crippen LogP contribution in [-0.4, -0.2) is 17.6 Å². The van der Waals surface area contributed by atoms with Gasteiger partial charge in [-0.05, 0) is 36.8 Å². The highest BCUT2D eigenvalue weighted by Gasteiger charge is 2.20. The number of hydrogen-bond donors (Lipinski definition) is 2. The van der Waals surface area contributed by atoms with Crippen molar-refractivity contribution in [3.63, 3.8) is 0 Å². The average molecular weight is 318 g/mol. The molecule has 0 bridgehead atoms. The van der Waals surface area contributed by atoms with Crippen molar-refractivity contribution >= 4 is 29.2 Å². The van der Waals surface area contributed by atoms with Crippen molar-refractivity contribution in [2.75, 3.05) is 6.54 Å². The molecule has 0 aliphatic carbocycles. The molecule has 0 amide bonds.